The van der Waals surface area contributed by atoms with Gasteiger partial charge < -0.3 is 0 Å². The zero-order chi connectivity index (χ0) is 54.8. The van der Waals surface area contributed by atoms with E-state index in [0.29, 0.717) is 62.0 Å². The third-order valence-electron chi connectivity index (χ3n) is 23.8. The predicted molar refractivity (Wildman–Crippen MR) is 279 cm³/mol. The fraction of sp³-hybridized carbons (Fsp3) is 0.920. The number of Topliss-reactive ketones (excluding diaryl/α,β-unsaturated/α-hetero) is 3. The largest absolute Gasteiger partial charge is 0.299 e. The van der Waals surface area contributed by atoms with Gasteiger partial charge in [-0.05, 0) is 134 Å². The summed E-state index contributed by atoms with van der Waals surface area (Å²) in [5.41, 5.74) is -1.65. The fourth-order valence-electron chi connectivity index (χ4n) is 18.2. The van der Waals surface area contributed by atoms with E-state index in [1.165, 1.54) is 12.8 Å². The lowest BCUT2D eigenvalue weighted by Gasteiger charge is -2.36. The van der Waals surface area contributed by atoms with Gasteiger partial charge in [-0.3, -0.25) is 18.9 Å². The lowest BCUT2D eigenvalue weighted by molar-refractivity contribution is -0.128. The molecule has 416 valence electrons. The number of nitrogens with zero attached hydrogens (tertiary/aromatic N) is 1. The number of nitrogens with one attached hydrogen (secondary N) is 1. The lowest BCUT2D eigenvalue weighted by atomic mass is 9.69. The molecule has 1 saturated heterocycles. The van der Waals surface area contributed by atoms with Crippen LogP contribution in [0.1, 0.15) is 166 Å². The first kappa shape index (κ1) is 57.8. The lowest BCUT2D eigenvalue weighted by Crippen LogP contribution is -2.43. The average Bonchev–Trinajstić information content (AvgIpc) is 4.10. The topological polar surface area (TPSA) is 293 Å². The normalized spacial score (nSPS) is 42.7. The molecule has 2 heterocycles. The number of hydrogen-bond acceptors (Lipinski definition) is 13. The van der Waals surface area contributed by atoms with Gasteiger partial charge in [-0.25, -0.2) is 43.5 Å². The fourth-order valence-corrected chi connectivity index (χ4v) is 26.9. The van der Waals surface area contributed by atoms with Gasteiger partial charge in [0.1, 0.15) is 17.3 Å². The monoisotopic (exact) mass is 1140 g/mol. The molecule has 11 unspecified atom stereocenters. The zero-order valence-corrected chi connectivity index (χ0v) is 49.1. The van der Waals surface area contributed by atoms with Crippen LogP contribution in [0.5, 0.6) is 0 Å². The van der Waals surface area contributed by atoms with Crippen molar-refractivity contribution in [1.82, 2.24) is 4.72 Å². The maximum atomic E-state index is 11.9. The maximum Gasteiger partial charge on any atom is 0.265 e. The first-order valence-electron chi connectivity index (χ1n) is 26.1. The Bertz CT molecular complexity index is 2800. The van der Waals surface area contributed by atoms with Gasteiger partial charge in [0.05, 0.1) is 34.2 Å². The number of hydrogen-bond donors (Lipinski definition) is 3. The third-order valence-corrected chi connectivity index (χ3v) is 29.6. The van der Waals surface area contributed by atoms with Crippen molar-refractivity contribution in [2.75, 3.05) is 28.8 Å². The Morgan fingerprint density at radius 3 is 1.33 bits per heavy atom. The van der Waals surface area contributed by atoms with Gasteiger partial charge in [0.2, 0.25) is 29.1 Å². The smallest absolute Gasteiger partial charge is 0.265 e. The molecule has 10 bridgehead atoms. The van der Waals surface area contributed by atoms with E-state index in [0.717, 1.165) is 56.6 Å². The minimum Gasteiger partial charge on any atom is -0.299 e. The van der Waals surface area contributed by atoms with Crippen LogP contribution in [0.15, 0.2) is 4.40 Å². The van der Waals surface area contributed by atoms with Crippen molar-refractivity contribution in [2.45, 2.75) is 172 Å². The molecular formula is C50H80ClN3O14S5. The summed E-state index contributed by atoms with van der Waals surface area (Å²) < 4.78 is 129. The van der Waals surface area contributed by atoms with E-state index < -0.39 is 71.2 Å². The van der Waals surface area contributed by atoms with Crippen LogP contribution >= 0.6 is 10.7 Å². The number of rotatable bonds is 6. The van der Waals surface area contributed by atoms with Crippen molar-refractivity contribution in [3.8, 4) is 0 Å². The molecule has 12 aliphatic rings. The molecular weight excluding hydrogens is 1060 g/mol. The summed E-state index contributed by atoms with van der Waals surface area (Å²) in [6.45, 7) is 20.8. The molecule has 23 heteroatoms. The predicted octanol–water partition coefficient (Wildman–Crippen LogP) is 6.60. The second-order valence-electron chi connectivity index (χ2n) is 27.5. The van der Waals surface area contributed by atoms with Crippen LogP contribution in [-0.4, -0.2) is 105 Å². The number of nitrogens with two attached hydrogens (primary N) is 1. The molecule has 12 rings (SSSR count). The molecule has 0 aromatic rings. The average molecular weight is 1140 g/mol. The van der Waals surface area contributed by atoms with Crippen LogP contribution in [0.25, 0.3) is 0 Å². The van der Waals surface area contributed by atoms with Crippen molar-refractivity contribution in [1.29, 1.82) is 0 Å². The van der Waals surface area contributed by atoms with E-state index in [4.69, 9.17) is 20.4 Å². The van der Waals surface area contributed by atoms with Crippen molar-refractivity contribution in [3.63, 3.8) is 0 Å². The summed E-state index contributed by atoms with van der Waals surface area (Å²) in [7, 11) is -12.0. The Hall–Kier alpha value is -1.40. The Labute approximate surface area is 439 Å². The van der Waals surface area contributed by atoms with Crippen LogP contribution in [0.4, 0.5) is 0 Å². The number of carbonyl (C=O) groups is 3. The molecule has 10 aliphatic carbocycles. The van der Waals surface area contributed by atoms with Crippen molar-refractivity contribution < 1.29 is 61.0 Å². The summed E-state index contributed by atoms with van der Waals surface area (Å²) in [5, 5.41) is 5.10. The summed E-state index contributed by atoms with van der Waals surface area (Å²) >= 11 is 0. The molecule has 11 fully saturated rings. The third kappa shape index (κ3) is 8.86. The van der Waals surface area contributed by atoms with Gasteiger partial charge in [-0.2, -0.15) is 12.8 Å². The zero-order valence-electron chi connectivity index (χ0n) is 44.3. The summed E-state index contributed by atoms with van der Waals surface area (Å²) in [6.07, 6.45) is 12.8. The number of halogens is 1. The first-order chi connectivity index (χ1) is 32.8. The molecule has 17 nitrogen and oxygen atoms in total. The van der Waals surface area contributed by atoms with Gasteiger partial charge in [0, 0.05) is 63.4 Å². The molecule has 0 amide bonds. The summed E-state index contributed by atoms with van der Waals surface area (Å²) in [5.74, 6) is 2.43. The van der Waals surface area contributed by atoms with Gasteiger partial charge in [0.25, 0.3) is 20.1 Å². The van der Waals surface area contributed by atoms with E-state index in [1.807, 2.05) is 41.5 Å². The van der Waals surface area contributed by atoms with Crippen molar-refractivity contribution in [3.05, 3.63) is 0 Å². The van der Waals surface area contributed by atoms with Crippen LogP contribution < -0.4 is 9.86 Å². The Balaban J connectivity index is 0.000000122. The highest BCUT2D eigenvalue weighted by atomic mass is 35.7. The van der Waals surface area contributed by atoms with Gasteiger partial charge in [-0.1, -0.05) is 69.2 Å². The highest BCUT2D eigenvalue weighted by Gasteiger charge is 2.70. The van der Waals surface area contributed by atoms with E-state index in [-0.39, 0.29) is 84.5 Å². The number of fused-ring (bicyclic) bond motifs is 8. The standard InChI is InChI=1S/C10H15ClO3S.C10H17NO3S.C10H17NO2S.C10H15NO2S.C10H16O4S/c2*1-9(2)7-3-4-10(9,8(12)5-7)6-15(11,13)14;2*1-9(2)7-3-4-10(9)6-14(12,13)11-8(10)5-7;1-9(2)7-3-4-10(9,8(11)5-7)6-15(12,13)14/h7H,3-6H2,1-2H3;7H,3-6H2,1-2H3,(H2,11,13,14);7-8,11H,3-6H2,1-2H3;7H,3-6H2,1-2H3;7H,3-6H2,1-2H3,(H,12,13,14). The van der Waals surface area contributed by atoms with Crippen LogP contribution in [-0.2, 0) is 63.6 Å². The molecule has 0 radical (unpaired) electrons. The number of carbonyl (C=O) groups excluding carboxylic acids is 3. The van der Waals surface area contributed by atoms with Crippen LogP contribution in [0, 0.1) is 83.7 Å². The van der Waals surface area contributed by atoms with Gasteiger partial charge in [-0.15, -0.1) is 0 Å². The minimum atomic E-state index is -4.08. The molecule has 2 aliphatic heterocycles. The van der Waals surface area contributed by atoms with E-state index in [9.17, 15) is 56.5 Å². The quantitative estimate of drug-likeness (QED) is 0.187. The number of sulfonamides is 3. The van der Waals surface area contributed by atoms with E-state index in [2.05, 4.69) is 36.8 Å². The number of primary sulfonamides is 1. The number of ketones is 3. The summed E-state index contributed by atoms with van der Waals surface area (Å²) in [4.78, 5) is 35.7. The maximum absolute atomic E-state index is 11.9. The van der Waals surface area contributed by atoms with Crippen molar-refractivity contribution >= 4 is 83.0 Å². The highest BCUT2D eigenvalue weighted by Crippen LogP contribution is 2.70. The molecule has 11 atom stereocenters. The Kier molecular flexibility index (Phi) is 13.7. The molecule has 0 aromatic carbocycles. The van der Waals surface area contributed by atoms with E-state index >= 15 is 0 Å². The highest BCUT2D eigenvalue weighted by molar-refractivity contribution is 8.13. The molecule has 0 aromatic heterocycles. The second-order valence-corrected chi connectivity index (χ2v) is 36.7. The SMILES string of the molecule is CC1(C)C2CCC1(CS(=O)(=O)Cl)C(=O)C2.CC1(C)C2CCC1(CS(=O)(=O)O)C(=O)C2.CC1(C)C2CCC1(CS(N)(=O)=O)C(=O)C2.CC1(C)C2CCC13CS(=O)(=O)N=C3C2.CC1(C)C2CCC13CS(=O)(=O)NC3C2. The molecule has 73 heavy (non-hydrogen) atoms. The van der Waals surface area contributed by atoms with E-state index in [1.54, 1.807) is 0 Å². The van der Waals surface area contributed by atoms with Crippen LogP contribution in [0.3, 0.4) is 0 Å². The minimum absolute atomic E-state index is 0.0152. The first-order valence-corrected chi connectivity index (χ1v) is 35.2. The van der Waals surface area contributed by atoms with Crippen molar-refractivity contribution in [2.24, 2.45) is 93.3 Å². The van der Waals surface area contributed by atoms with Gasteiger partial charge in [0.15, 0.2) is 0 Å². The van der Waals surface area contributed by atoms with Crippen LogP contribution in [0.2, 0.25) is 0 Å². The molecule has 2 spiro atoms. The molecule has 10 saturated carbocycles. The molecule has 4 N–H and O–H groups in total. The van der Waals surface area contributed by atoms with Gasteiger partial charge >= 0.3 is 0 Å². The summed E-state index contributed by atoms with van der Waals surface area (Å²) in [6, 6.07) is 0.237. The second kappa shape index (κ2) is 17.3. The Morgan fingerprint density at radius 1 is 0.575 bits per heavy atom. The Morgan fingerprint density at radius 2 is 0.986 bits per heavy atom.